The summed E-state index contributed by atoms with van der Waals surface area (Å²) in [5, 5.41) is 0. The van der Waals surface area contributed by atoms with E-state index in [1.165, 1.54) is 0 Å². The van der Waals surface area contributed by atoms with Gasteiger partial charge in [-0.15, -0.1) is 0 Å². The maximum Gasteiger partial charge on any atom is 0.145 e. The number of carbonyl (C=O) groups excluding carboxylic acids is 1. The van der Waals surface area contributed by atoms with Gasteiger partial charge in [-0.25, -0.2) is 0 Å². The molecule has 0 aliphatic heterocycles. The van der Waals surface area contributed by atoms with E-state index in [0.29, 0.717) is 12.2 Å². The Kier molecular flexibility index (Phi) is 4.41. The Hall–Kier alpha value is -1.77. The third kappa shape index (κ3) is 3.85. The van der Waals surface area contributed by atoms with E-state index in [9.17, 15) is 4.79 Å². The molecular weight excluding hydrogens is 192 g/mol. The number of aldehydes is 1. The Morgan fingerprint density at radius 1 is 1.40 bits per heavy atom. The molecule has 0 heterocycles. The minimum atomic E-state index is 0.387. The van der Waals surface area contributed by atoms with Crippen molar-refractivity contribution in [2.75, 3.05) is 13.7 Å². The van der Waals surface area contributed by atoms with Gasteiger partial charge in [-0.1, -0.05) is 6.07 Å². The van der Waals surface area contributed by atoms with Crippen LogP contribution in [0, 0.1) is 0 Å². The largest absolute Gasteiger partial charge is 0.497 e. The summed E-state index contributed by atoms with van der Waals surface area (Å²) < 4.78 is 10.5. The molecule has 0 aliphatic rings. The lowest BCUT2D eigenvalue weighted by atomic mass is 10.3. The van der Waals surface area contributed by atoms with E-state index >= 15 is 0 Å². The van der Waals surface area contributed by atoms with E-state index < -0.39 is 0 Å². The highest BCUT2D eigenvalue weighted by Crippen LogP contribution is 2.18. The molecule has 0 fully saturated rings. The van der Waals surface area contributed by atoms with E-state index in [0.717, 1.165) is 17.8 Å². The van der Waals surface area contributed by atoms with Crippen molar-refractivity contribution in [1.82, 2.24) is 0 Å². The maximum absolute atomic E-state index is 10.3. The molecule has 0 unspecified atom stereocenters. The summed E-state index contributed by atoms with van der Waals surface area (Å²) in [4.78, 5) is 10.3. The average molecular weight is 206 g/mol. The summed E-state index contributed by atoms with van der Waals surface area (Å²) in [7, 11) is 1.61. The van der Waals surface area contributed by atoms with Crippen molar-refractivity contribution >= 4 is 6.29 Å². The second-order valence-corrected chi connectivity index (χ2v) is 3.06. The summed E-state index contributed by atoms with van der Waals surface area (Å²) in [5.74, 6) is 1.48. The van der Waals surface area contributed by atoms with Gasteiger partial charge >= 0.3 is 0 Å². The number of benzene rings is 1. The molecule has 3 heteroatoms. The van der Waals surface area contributed by atoms with Crippen LogP contribution < -0.4 is 9.47 Å². The molecule has 0 amide bonds. The number of carbonyl (C=O) groups is 1. The zero-order valence-electron chi connectivity index (χ0n) is 8.90. The molecule has 0 radical (unpaired) electrons. The van der Waals surface area contributed by atoms with Gasteiger partial charge in [0.1, 0.15) is 24.4 Å². The van der Waals surface area contributed by atoms with Gasteiger partial charge in [0.15, 0.2) is 0 Å². The van der Waals surface area contributed by atoms with E-state index in [1.807, 2.05) is 18.2 Å². The van der Waals surface area contributed by atoms with Gasteiger partial charge < -0.3 is 9.47 Å². The summed E-state index contributed by atoms with van der Waals surface area (Å²) in [6, 6.07) is 7.33. The Labute approximate surface area is 89.3 Å². The van der Waals surface area contributed by atoms with Gasteiger partial charge in [0.05, 0.1) is 7.11 Å². The number of ether oxygens (including phenoxy) is 2. The first-order valence-electron chi connectivity index (χ1n) is 4.65. The summed E-state index contributed by atoms with van der Waals surface area (Å²) in [5.41, 5.74) is 0.665. The van der Waals surface area contributed by atoms with Crippen LogP contribution in [0.4, 0.5) is 0 Å². The second kappa shape index (κ2) is 5.86. The molecule has 0 atom stereocenters. The minimum absolute atomic E-state index is 0.387. The quantitative estimate of drug-likeness (QED) is 0.547. The highest BCUT2D eigenvalue weighted by Gasteiger charge is 1.95. The third-order valence-electron chi connectivity index (χ3n) is 1.88. The van der Waals surface area contributed by atoms with E-state index in [2.05, 4.69) is 0 Å². The normalized spacial score (nSPS) is 10.9. The van der Waals surface area contributed by atoms with Crippen molar-refractivity contribution in [3.8, 4) is 11.5 Å². The van der Waals surface area contributed by atoms with Gasteiger partial charge in [-0.2, -0.15) is 0 Å². The summed E-state index contributed by atoms with van der Waals surface area (Å²) >= 11 is 0. The van der Waals surface area contributed by atoms with Gasteiger partial charge in [-0.3, -0.25) is 4.79 Å². The highest BCUT2D eigenvalue weighted by molar-refractivity contribution is 5.71. The Morgan fingerprint density at radius 3 is 2.80 bits per heavy atom. The average Bonchev–Trinajstić information content (AvgIpc) is 2.29. The van der Waals surface area contributed by atoms with Crippen LogP contribution in [0.2, 0.25) is 0 Å². The Morgan fingerprint density at radius 2 is 2.13 bits per heavy atom. The van der Waals surface area contributed by atoms with E-state index in [-0.39, 0.29) is 0 Å². The molecule has 0 N–H and O–H groups in total. The van der Waals surface area contributed by atoms with Crippen LogP contribution in [0.15, 0.2) is 35.9 Å². The van der Waals surface area contributed by atoms with Gasteiger partial charge in [0, 0.05) is 6.07 Å². The molecule has 1 rings (SSSR count). The number of methoxy groups -OCH3 is 1. The van der Waals surface area contributed by atoms with Crippen molar-refractivity contribution in [2.45, 2.75) is 6.92 Å². The first-order valence-corrected chi connectivity index (χ1v) is 4.65. The van der Waals surface area contributed by atoms with Crippen LogP contribution in [0.25, 0.3) is 0 Å². The van der Waals surface area contributed by atoms with E-state index in [1.54, 1.807) is 26.2 Å². The minimum Gasteiger partial charge on any atom is -0.497 e. The zero-order chi connectivity index (χ0) is 11.1. The number of hydrogen-bond acceptors (Lipinski definition) is 3. The lowest BCUT2D eigenvalue weighted by Gasteiger charge is -2.05. The second-order valence-electron chi connectivity index (χ2n) is 3.06. The molecule has 1 aromatic carbocycles. The van der Waals surface area contributed by atoms with Crippen LogP contribution in [0.5, 0.6) is 11.5 Å². The number of rotatable bonds is 5. The standard InChI is InChI=1S/C12H14O3/c1-10(9-13)6-7-15-12-5-3-4-11(8-12)14-2/h3-6,8-9H,7H2,1-2H3/b10-6+. The van der Waals surface area contributed by atoms with Crippen LogP contribution in [0.1, 0.15) is 6.92 Å². The smallest absolute Gasteiger partial charge is 0.145 e. The van der Waals surface area contributed by atoms with Crippen molar-refractivity contribution in [3.05, 3.63) is 35.9 Å². The Bertz CT molecular complexity index is 356. The Balaban J connectivity index is 2.54. The molecule has 0 saturated carbocycles. The lowest BCUT2D eigenvalue weighted by Crippen LogP contribution is -1.95. The summed E-state index contributed by atoms with van der Waals surface area (Å²) in [6.45, 7) is 2.12. The first-order chi connectivity index (χ1) is 7.26. The molecule has 80 valence electrons. The fraction of sp³-hybridized carbons (Fsp3) is 0.250. The highest BCUT2D eigenvalue weighted by atomic mass is 16.5. The molecular formula is C12H14O3. The van der Waals surface area contributed by atoms with Crippen molar-refractivity contribution in [3.63, 3.8) is 0 Å². The maximum atomic E-state index is 10.3. The van der Waals surface area contributed by atoms with Crippen LogP contribution in [-0.4, -0.2) is 20.0 Å². The molecule has 0 saturated heterocycles. The molecule has 15 heavy (non-hydrogen) atoms. The van der Waals surface area contributed by atoms with Gasteiger partial charge in [-0.05, 0) is 30.7 Å². The summed E-state index contributed by atoms with van der Waals surface area (Å²) in [6.07, 6.45) is 2.53. The van der Waals surface area contributed by atoms with Crippen LogP contribution in [0.3, 0.4) is 0 Å². The van der Waals surface area contributed by atoms with Crippen LogP contribution in [-0.2, 0) is 4.79 Å². The predicted molar refractivity (Wildman–Crippen MR) is 58.3 cm³/mol. The lowest BCUT2D eigenvalue weighted by molar-refractivity contribution is -0.104. The fourth-order valence-corrected chi connectivity index (χ4v) is 1.01. The molecule has 0 aromatic heterocycles. The van der Waals surface area contributed by atoms with Gasteiger partial charge in [0.25, 0.3) is 0 Å². The van der Waals surface area contributed by atoms with Crippen LogP contribution >= 0.6 is 0 Å². The molecule has 0 aliphatic carbocycles. The molecule has 3 nitrogen and oxygen atoms in total. The third-order valence-corrected chi connectivity index (χ3v) is 1.88. The topological polar surface area (TPSA) is 35.5 Å². The molecule has 0 spiro atoms. The van der Waals surface area contributed by atoms with E-state index in [4.69, 9.17) is 9.47 Å². The number of allylic oxidation sites excluding steroid dienone is 1. The zero-order valence-corrected chi connectivity index (χ0v) is 8.90. The van der Waals surface area contributed by atoms with Crippen molar-refractivity contribution in [2.24, 2.45) is 0 Å². The predicted octanol–water partition coefficient (Wildman–Crippen LogP) is 2.22. The fourth-order valence-electron chi connectivity index (χ4n) is 1.01. The van der Waals surface area contributed by atoms with Crippen molar-refractivity contribution < 1.29 is 14.3 Å². The SMILES string of the molecule is COc1cccc(OC/C=C(\C)C=O)c1. The number of hydrogen-bond donors (Lipinski definition) is 0. The molecule has 0 bridgehead atoms. The molecule has 1 aromatic rings. The van der Waals surface area contributed by atoms with Gasteiger partial charge in [0.2, 0.25) is 0 Å². The van der Waals surface area contributed by atoms with Crippen molar-refractivity contribution in [1.29, 1.82) is 0 Å². The first kappa shape index (κ1) is 11.3. The monoisotopic (exact) mass is 206 g/mol.